The SMILES string of the molecule is CSc1nc2ccsc2c(=O)n1CC(=O)Nc1cccc(C)c1C. The summed E-state index contributed by atoms with van der Waals surface area (Å²) in [5, 5.41) is 5.27. The number of aromatic nitrogens is 2. The van der Waals surface area contributed by atoms with Gasteiger partial charge in [0.05, 0.1) is 5.52 Å². The molecule has 0 bridgehead atoms. The Morgan fingerprint density at radius 2 is 2.12 bits per heavy atom. The third-order valence-corrected chi connectivity index (χ3v) is 5.46. The quantitative estimate of drug-likeness (QED) is 0.572. The van der Waals surface area contributed by atoms with E-state index in [1.54, 1.807) is 0 Å². The number of carbonyl (C=O) groups excluding carboxylic acids is 1. The lowest BCUT2D eigenvalue weighted by molar-refractivity contribution is -0.116. The van der Waals surface area contributed by atoms with E-state index in [1.165, 1.54) is 27.7 Å². The molecule has 0 aliphatic heterocycles. The Morgan fingerprint density at radius 1 is 1.33 bits per heavy atom. The molecule has 3 aromatic rings. The highest BCUT2D eigenvalue weighted by molar-refractivity contribution is 7.98. The van der Waals surface area contributed by atoms with Crippen LogP contribution in [0.1, 0.15) is 11.1 Å². The number of hydrogen-bond acceptors (Lipinski definition) is 5. The smallest absolute Gasteiger partial charge is 0.272 e. The lowest BCUT2D eigenvalue weighted by Crippen LogP contribution is -2.29. The first kappa shape index (κ1) is 16.7. The van der Waals surface area contributed by atoms with Gasteiger partial charge in [-0.1, -0.05) is 23.9 Å². The lowest BCUT2D eigenvalue weighted by atomic mass is 10.1. The lowest BCUT2D eigenvalue weighted by Gasteiger charge is -2.13. The molecule has 0 spiro atoms. The second-order valence-corrected chi connectivity index (χ2v) is 7.11. The van der Waals surface area contributed by atoms with Crippen molar-refractivity contribution in [1.29, 1.82) is 0 Å². The minimum atomic E-state index is -0.237. The number of rotatable bonds is 4. The van der Waals surface area contributed by atoms with E-state index < -0.39 is 0 Å². The summed E-state index contributed by atoms with van der Waals surface area (Å²) in [4.78, 5) is 29.5. The zero-order valence-corrected chi connectivity index (χ0v) is 15.3. The van der Waals surface area contributed by atoms with Gasteiger partial charge in [0.15, 0.2) is 5.16 Å². The number of fused-ring (bicyclic) bond motifs is 1. The predicted molar refractivity (Wildman–Crippen MR) is 100 cm³/mol. The van der Waals surface area contributed by atoms with Crippen LogP contribution in [0.25, 0.3) is 10.2 Å². The Bertz CT molecular complexity index is 976. The summed E-state index contributed by atoms with van der Waals surface area (Å²) in [6, 6.07) is 7.58. The van der Waals surface area contributed by atoms with Crippen LogP contribution in [0, 0.1) is 13.8 Å². The fraction of sp³-hybridized carbons (Fsp3) is 0.235. The van der Waals surface area contributed by atoms with Crippen LogP contribution in [0.5, 0.6) is 0 Å². The van der Waals surface area contributed by atoms with Crippen LogP contribution in [-0.2, 0) is 11.3 Å². The van der Waals surface area contributed by atoms with Crippen LogP contribution in [0.15, 0.2) is 39.6 Å². The largest absolute Gasteiger partial charge is 0.324 e. The van der Waals surface area contributed by atoms with Crippen molar-refractivity contribution in [1.82, 2.24) is 9.55 Å². The first-order valence-corrected chi connectivity index (χ1v) is 9.50. The van der Waals surface area contributed by atoms with E-state index in [1.807, 2.05) is 49.7 Å². The second-order valence-electron chi connectivity index (χ2n) is 5.42. The van der Waals surface area contributed by atoms with Crippen molar-refractivity contribution in [2.75, 3.05) is 11.6 Å². The molecule has 124 valence electrons. The van der Waals surface area contributed by atoms with Gasteiger partial charge in [-0.15, -0.1) is 11.3 Å². The summed E-state index contributed by atoms with van der Waals surface area (Å²) in [6.45, 7) is 3.91. The summed E-state index contributed by atoms with van der Waals surface area (Å²) in [6.07, 6.45) is 1.85. The minimum absolute atomic E-state index is 0.0524. The van der Waals surface area contributed by atoms with Crippen LogP contribution in [0.2, 0.25) is 0 Å². The molecule has 5 nitrogen and oxygen atoms in total. The fourth-order valence-corrected chi connectivity index (χ4v) is 3.77. The molecule has 3 rings (SSSR count). The van der Waals surface area contributed by atoms with Crippen LogP contribution >= 0.6 is 23.1 Å². The number of nitrogens with one attached hydrogen (secondary N) is 1. The zero-order chi connectivity index (χ0) is 17.3. The zero-order valence-electron chi connectivity index (χ0n) is 13.6. The molecule has 1 amide bonds. The number of hydrogen-bond donors (Lipinski definition) is 1. The molecule has 0 fully saturated rings. The van der Waals surface area contributed by atoms with Crippen LogP contribution in [0.3, 0.4) is 0 Å². The second kappa shape index (κ2) is 6.78. The Morgan fingerprint density at radius 3 is 2.88 bits per heavy atom. The van der Waals surface area contributed by atoms with E-state index in [0.29, 0.717) is 15.4 Å². The van der Waals surface area contributed by atoms with Crippen LogP contribution in [0.4, 0.5) is 5.69 Å². The standard InChI is InChI=1S/C17H17N3O2S2/c1-10-5-4-6-12(11(10)2)18-14(21)9-20-16(22)15-13(7-8-24-15)19-17(20)23-3/h4-8H,9H2,1-3H3,(H,18,21). The third kappa shape index (κ3) is 3.09. The van der Waals surface area contributed by atoms with Crippen molar-refractivity contribution < 1.29 is 4.79 Å². The first-order valence-electron chi connectivity index (χ1n) is 7.39. The summed E-state index contributed by atoms with van der Waals surface area (Å²) in [5.41, 5.74) is 3.41. The van der Waals surface area contributed by atoms with Gasteiger partial charge < -0.3 is 5.32 Å². The molecule has 0 saturated heterocycles. The molecule has 0 aliphatic carbocycles. The van der Waals surface area contributed by atoms with Gasteiger partial charge >= 0.3 is 0 Å². The molecule has 0 atom stereocenters. The van der Waals surface area contributed by atoms with Gasteiger partial charge in [0, 0.05) is 5.69 Å². The summed E-state index contributed by atoms with van der Waals surface area (Å²) >= 11 is 2.70. The molecule has 2 heterocycles. The molecule has 0 unspecified atom stereocenters. The normalized spacial score (nSPS) is 11.0. The maximum atomic E-state index is 12.6. The molecule has 0 saturated carbocycles. The van der Waals surface area contributed by atoms with Crippen LogP contribution in [-0.4, -0.2) is 21.7 Å². The van der Waals surface area contributed by atoms with Gasteiger partial charge in [0.25, 0.3) is 5.56 Å². The number of carbonyl (C=O) groups is 1. The number of thiophene rings is 1. The van der Waals surface area contributed by atoms with Crippen molar-refractivity contribution in [2.45, 2.75) is 25.5 Å². The number of benzene rings is 1. The number of thioether (sulfide) groups is 1. The maximum absolute atomic E-state index is 12.6. The molecule has 1 N–H and O–H groups in total. The molecule has 24 heavy (non-hydrogen) atoms. The minimum Gasteiger partial charge on any atom is -0.324 e. The molecule has 2 aromatic heterocycles. The number of amides is 1. The van der Waals surface area contributed by atoms with Crippen molar-refractivity contribution in [2.24, 2.45) is 0 Å². The first-order chi connectivity index (χ1) is 11.5. The molecule has 0 aliphatic rings. The van der Waals surface area contributed by atoms with E-state index in [9.17, 15) is 9.59 Å². The summed E-state index contributed by atoms with van der Waals surface area (Å²) < 4.78 is 2.01. The highest BCUT2D eigenvalue weighted by Gasteiger charge is 2.15. The van der Waals surface area contributed by atoms with Crippen molar-refractivity contribution >= 4 is 44.9 Å². The fourth-order valence-electron chi connectivity index (χ4n) is 2.44. The Balaban J connectivity index is 1.91. The van der Waals surface area contributed by atoms with E-state index in [0.717, 1.165) is 16.8 Å². The Labute approximate surface area is 147 Å². The van der Waals surface area contributed by atoms with E-state index in [2.05, 4.69) is 10.3 Å². The predicted octanol–water partition coefficient (Wildman–Crippen LogP) is 3.44. The van der Waals surface area contributed by atoms with E-state index in [4.69, 9.17) is 0 Å². The van der Waals surface area contributed by atoms with Gasteiger partial charge in [-0.3, -0.25) is 14.2 Å². The Hall–Kier alpha value is -2.12. The summed E-state index contributed by atoms with van der Waals surface area (Å²) in [7, 11) is 0. The molecule has 1 aromatic carbocycles. The van der Waals surface area contributed by atoms with Crippen molar-refractivity contribution in [3.8, 4) is 0 Å². The van der Waals surface area contributed by atoms with Gasteiger partial charge in [0.1, 0.15) is 11.2 Å². The Kier molecular flexibility index (Phi) is 4.73. The highest BCUT2D eigenvalue weighted by Crippen LogP contribution is 2.20. The molecular formula is C17H17N3O2S2. The summed E-state index contributed by atoms with van der Waals surface area (Å²) in [5.74, 6) is -0.237. The van der Waals surface area contributed by atoms with Crippen molar-refractivity contribution in [3.05, 3.63) is 51.1 Å². The van der Waals surface area contributed by atoms with Crippen molar-refractivity contribution in [3.63, 3.8) is 0 Å². The number of nitrogens with zero attached hydrogens (tertiary/aromatic N) is 2. The number of anilines is 1. The van der Waals surface area contributed by atoms with Crippen LogP contribution < -0.4 is 10.9 Å². The monoisotopic (exact) mass is 359 g/mol. The average Bonchev–Trinajstić information content (AvgIpc) is 3.03. The van der Waals surface area contributed by atoms with E-state index >= 15 is 0 Å². The number of aryl methyl sites for hydroxylation is 1. The molecular weight excluding hydrogens is 342 g/mol. The maximum Gasteiger partial charge on any atom is 0.272 e. The molecule has 7 heteroatoms. The van der Waals surface area contributed by atoms with E-state index in [-0.39, 0.29) is 18.0 Å². The topological polar surface area (TPSA) is 64.0 Å². The van der Waals surface area contributed by atoms with Gasteiger partial charge in [-0.2, -0.15) is 0 Å². The average molecular weight is 359 g/mol. The van der Waals surface area contributed by atoms with Gasteiger partial charge in [-0.05, 0) is 48.7 Å². The molecule has 0 radical (unpaired) electrons. The third-order valence-electron chi connectivity index (χ3n) is 3.89. The van der Waals surface area contributed by atoms with Gasteiger partial charge in [-0.25, -0.2) is 4.98 Å². The van der Waals surface area contributed by atoms with Gasteiger partial charge in [0.2, 0.25) is 5.91 Å². The highest BCUT2D eigenvalue weighted by atomic mass is 32.2.